The predicted octanol–water partition coefficient (Wildman–Crippen LogP) is -0.458. The number of carbonyl (C=O) groups is 4. The fourth-order valence-corrected chi connectivity index (χ4v) is 2.83. The average Bonchev–Trinajstić information content (AvgIpc) is 3.22. The Morgan fingerprint density at radius 2 is 1.81 bits per heavy atom. The van der Waals surface area contributed by atoms with Gasteiger partial charge < -0.3 is 31.8 Å². The van der Waals surface area contributed by atoms with E-state index in [0.717, 1.165) is 6.42 Å². The summed E-state index contributed by atoms with van der Waals surface area (Å²) in [6, 6.07) is -2.87. The number of carbonyl (C=O) groups excluding carboxylic acids is 3. The number of aromatic amines is 1. The molecule has 1 aromatic rings. The van der Waals surface area contributed by atoms with Crippen molar-refractivity contribution in [3.63, 3.8) is 0 Å². The molecule has 174 valence electrons. The molecule has 11 heteroatoms. The summed E-state index contributed by atoms with van der Waals surface area (Å²) in [6.45, 7) is 7.17. The van der Waals surface area contributed by atoms with Gasteiger partial charge in [-0.15, -0.1) is 0 Å². The lowest BCUT2D eigenvalue weighted by molar-refractivity contribution is -0.142. The van der Waals surface area contributed by atoms with Crippen molar-refractivity contribution in [1.29, 1.82) is 0 Å². The number of aromatic nitrogens is 2. The molecule has 4 unspecified atom stereocenters. The van der Waals surface area contributed by atoms with E-state index in [0.29, 0.717) is 12.1 Å². The van der Waals surface area contributed by atoms with Crippen molar-refractivity contribution in [3.05, 3.63) is 18.2 Å². The maximum atomic E-state index is 12.7. The number of nitrogens with one attached hydrogen (secondary N) is 4. The van der Waals surface area contributed by atoms with E-state index in [1.54, 1.807) is 0 Å². The lowest BCUT2D eigenvalue weighted by Crippen LogP contribution is -2.54. The van der Waals surface area contributed by atoms with Crippen LogP contribution in [0.15, 0.2) is 12.5 Å². The quantitative estimate of drug-likeness (QED) is 0.241. The van der Waals surface area contributed by atoms with Gasteiger partial charge in [-0.1, -0.05) is 34.1 Å². The molecule has 0 aromatic carbocycles. The Hall–Kier alpha value is -2.95. The average molecular weight is 439 g/mol. The molecule has 31 heavy (non-hydrogen) atoms. The van der Waals surface area contributed by atoms with Gasteiger partial charge in [0.2, 0.25) is 17.7 Å². The van der Waals surface area contributed by atoms with Crippen molar-refractivity contribution < 1.29 is 24.3 Å². The van der Waals surface area contributed by atoms with Gasteiger partial charge in [-0.3, -0.25) is 14.4 Å². The van der Waals surface area contributed by atoms with Crippen molar-refractivity contribution in [1.82, 2.24) is 25.9 Å². The van der Waals surface area contributed by atoms with Crippen LogP contribution < -0.4 is 21.7 Å². The van der Waals surface area contributed by atoms with Gasteiger partial charge in [0.25, 0.3) is 0 Å². The Morgan fingerprint density at radius 1 is 1.13 bits per heavy atom. The van der Waals surface area contributed by atoms with Crippen LogP contribution in [0.5, 0.6) is 0 Å². The number of rotatable bonds is 13. The summed E-state index contributed by atoms with van der Waals surface area (Å²) >= 11 is 0. The molecule has 1 rings (SSSR count). The molecule has 7 N–H and O–H groups in total. The molecule has 0 aliphatic rings. The number of aliphatic carboxylic acids is 1. The first kappa shape index (κ1) is 26.1. The van der Waals surface area contributed by atoms with Gasteiger partial charge in [0, 0.05) is 18.3 Å². The molecule has 0 saturated carbocycles. The van der Waals surface area contributed by atoms with Crippen LogP contribution in [0.4, 0.5) is 0 Å². The summed E-state index contributed by atoms with van der Waals surface area (Å²) in [6.07, 6.45) is 3.93. The van der Waals surface area contributed by atoms with Crippen LogP contribution in [-0.2, 0) is 25.6 Å². The van der Waals surface area contributed by atoms with Gasteiger partial charge in [0.15, 0.2) is 0 Å². The van der Waals surface area contributed by atoms with Crippen LogP contribution in [-0.4, -0.2) is 63.4 Å². The second-order valence-corrected chi connectivity index (χ2v) is 8.06. The molecule has 0 spiro atoms. The summed E-state index contributed by atoms with van der Waals surface area (Å²) in [5.41, 5.74) is 6.39. The van der Waals surface area contributed by atoms with E-state index in [-0.39, 0.29) is 24.8 Å². The monoisotopic (exact) mass is 438 g/mol. The van der Waals surface area contributed by atoms with Gasteiger partial charge >= 0.3 is 5.97 Å². The fraction of sp³-hybridized carbons (Fsp3) is 0.650. The largest absolute Gasteiger partial charge is 0.480 e. The molecule has 0 bridgehead atoms. The lowest BCUT2D eigenvalue weighted by atomic mass is 9.99. The third-order valence-corrected chi connectivity index (χ3v) is 4.94. The molecule has 0 fully saturated rings. The van der Waals surface area contributed by atoms with Gasteiger partial charge in [-0.25, -0.2) is 9.78 Å². The van der Waals surface area contributed by atoms with E-state index >= 15 is 0 Å². The van der Waals surface area contributed by atoms with Crippen molar-refractivity contribution >= 4 is 23.7 Å². The number of nitrogens with two attached hydrogens (primary N) is 1. The molecule has 0 aliphatic carbocycles. The number of hydrogen-bond donors (Lipinski definition) is 6. The molecular formula is C20H34N6O5. The van der Waals surface area contributed by atoms with Crippen LogP contribution in [0.25, 0.3) is 0 Å². The number of H-pyrrole nitrogens is 1. The molecule has 4 atom stereocenters. The Bertz CT molecular complexity index is 736. The first-order chi connectivity index (χ1) is 14.5. The van der Waals surface area contributed by atoms with Crippen LogP contribution in [0.2, 0.25) is 0 Å². The summed E-state index contributed by atoms with van der Waals surface area (Å²) < 4.78 is 0. The number of hydrogen-bond acceptors (Lipinski definition) is 6. The van der Waals surface area contributed by atoms with Gasteiger partial charge in [0.05, 0.1) is 18.9 Å². The smallest absolute Gasteiger partial charge is 0.326 e. The molecule has 1 aromatic heterocycles. The van der Waals surface area contributed by atoms with Crippen LogP contribution in [0.3, 0.4) is 0 Å². The van der Waals surface area contributed by atoms with E-state index in [2.05, 4.69) is 25.9 Å². The van der Waals surface area contributed by atoms with E-state index in [4.69, 9.17) is 5.73 Å². The number of imidazole rings is 1. The van der Waals surface area contributed by atoms with E-state index < -0.39 is 41.8 Å². The maximum Gasteiger partial charge on any atom is 0.326 e. The molecule has 1 heterocycles. The highest BCUT2D eigenvalue weighted by Crippen LogP contribution is 2.07. The lowest BCUT2D eigenvalue weighted by Gasteiger charge is -2.23. The van der Waals surface area contributed by atoms with Crippen molar-refractivity contribution in [2.75, 3.05) is 6.54 Å². The summed E-state index contributed by atoms with van der Waals surface area (Å²) in [5, 5.41) is 16.9. The zero-order valence-corrected chi connectivity index (χ0v) is 18.5. The zero-order valence-electron chi connectivity index (χ0n) is 18.5. The van der Waals surface area contributed by atoms with Crippen LogP contribution in [0.1, 0.15) is 46.2 Å². The standard InChI is InChI=1S/C20H34N6O5/c1-5-12(4)17(21)19(29)23-9-16(27)25-14(6-11(2)3)18(28)26-15(20(30)31)7-13-8-22-10-24-13/h8,10-12,14-15,17H,5-7,9,21H2,1-4H3,(H,22,24)(H,23,29)(H,25,27)(H,26,28)(H,30,31). The minimum absolute atomic E-state index is 0.0208. The SMILES string of the molecule is CCC(C)C(N)C(=O)NCC(=O)NC(CC(C)C)C(=O)NC(Cc1cnc[nH]1)C(=O)O. The number of nitrogens with zero attached hydrogens (tertiary/aromatic N) is 1. The first-order valence-corrected chi connectivity index (χ1v) is 10.4. The molecule has 0 radical (unpaired) electrons. The minimum atomic E-state index is -1.20. The third kappa shape index (κ3) is 9.16. The number of carboxylic acid groups (broad SMARTS) is 1. The molecule has 0 aliphatic heterocycles. The molecule has 3 amide bonds. The number of amides is 3. The molecular weight excluding hydrogens is 404 g/mol. The minimum Gasteiger partial charge on any atom is -0.480 e. The Kier molecular flexibility index (Phi) is 10.7. The topological polar surface area (TPSA) is 179 Å². The van der Waals surface area contributed by atoms with Crippen molar-refractivity contribution in [3.8, 4) is 0 Å². The molecule has 0 saturated heterocycles. The maximum absolute atomic E-state index is 12.7. The third-order valence-electron chi connectivity index (χ3n) is 4.94. The van der Waals surface area contributed by atoms with Gasteiger partial charge in [0.1, 0.15) is 12.1 Å². The highest BCUT2D eigenvalue weighted by molar-refractivity contribution is 5.92. The Labute approximate surface area is 181 Å². The van der Waals surface area contributed by atoms with E-state index in [1.165, 1.54) is 12.5 Å². The zero-order chi connectivity index (χ0) is 23.6. The molecule has 11 nitrogen and oxygen atoms in total. The van der Waals surface area contributed by atoms with Crippen LogP contribution in [0, 0.1) is 11.8 Å². The summed E-state index contributed by atoms with van der Waals surface area (Å²) in [7, 11) is 0. The normalized spacial score (nSPS) is 14.9. The first-order valence-electron chi connectivity index (χ1n) is 10.4. The number of carboxylic acids is 1. The van der Waals surface area contributed by atoms with E-state index in [9.17, 15) is 24.3 Å². The second kappa shape index (κ2) is 12.7. The summed E-state index contributed by atoms with van der Waals surface area (Å²) in [4.78, 5) is 55.2. The predicted molar refractivity (Wildman–Crippen MR) is 114 cm³/mol. The van der Waals surface area contributed by atoms with Crippen molar-refractivity contribution in [2.24, 2.45) is 17.6 Å². The highest BCUT2D eigenvalue weighted by atomic mass is 16.4. The fourth-order valence-electron chi connectivity index (χ4n) is 2.83. The second-order valence-electron chi connectivity index (χ2n) is 8.06. The van der Waals surface area contributed by atoms with Crippen molar-refractivity contribution in [2.45, 2.75) is 65.1 Å². The van der Waals surface area contributed by atoms with Gasteiger partial charge in [-0.2, -0.15) is 0 Å². The summed E-state index contributed by atoms with van der Waals surface area (Å²) in [5.74, 6) is -2.81. The van der Waals surface area contributed by atoms with Gasteiger partial charge in [-0.05, 0) is 18.3 Å². The van der Waals surface area contributed by atoms with E-state index in [1.807, 2.05) is 27.7 Å². The Balaban J connectivity index is 2.71. The van der Waals surface area contributed by atoms with Crippen LogP contribution >= 0.6 is 0 Å². The highest BCUT2D eigenvalue weighted by Gasteiger charge is 2.28. The Morgan fingerprint density at radius 3 is 2.32 bits per heavy atom.